The van der Waals surface area contributed by atoms with Gasteiger partial charge in [-0.3, -0.25) is 14.9 Å². The van der Waals surface area contributed by atoms with Crippen molar-refractivity contribution in [3.05, 3.63) is 111 Å². The number of aryl methyl sites for hydroxylation is 1. The Hall–Kier alpha value is -3.87. The summed E-state index contributed by atoms with van der Waals surface area (Å²) < 4.78 is 0. The Balaban J connectivity index is 1.65. The number of hydrogen-bond donors (Lipinski definition) is 2. The molecule has 1 saturated heterocycles. The first-order valence-corrected chi connectivity index (χ1v) is 12.0. The van der Waals surface area contributed by atoms with Crippen molar-refractivity contribution in [2.24, 2.45) is 5.92 Å². The van der Waals surface area contributed by atoms with Crippen LogP contribution in [0.3, 0.4) is 0 Å². The minimum Gasteiger partial charge on any atom is -0.481 e. The van der Waals surface area contributed by atoms with E-state index in [4.69, 9.17) is 0 Å². The number of anilines is 1. The smallest absolute Gasteiger partial charge is 0.306 e. The average molecular weight is 474 g/mol. The molecule has 0 aliphatic carbocycles. The molecule has 0 bridgehead atoms. The molecule has 2 aliphatic heterocycles. The highest BCUT2D eigenvalue weighted by Crippen LogP contribution is 2.36. The van der Waals surface area contributed by atoms with Crippen LogP contribution in [0.2, 0.25) is 0 Å². The summed E-state index contributed by atoms with van der Waals surface area (Å²) in [5.41, 5.74) is 5.90. The lowest BCUT2D eigenvalue weighted by molar-refractivity contribution is -0.429. The summed E-state index contributed by atoms with van der Waals surface area (Å²) in [6, 6.07) is 16.2. The topological polar surface area (TPSA) is 95.7 Å². The molecule has 2 N–H and O–H groups in total. The predicted molar refractivity (Wildman–Crippen MR) is 137 cm³/mol. The van der Waals surface area contributed by atoms with E-state index in [1.54, 1.807) is 12.3 Å². The minimum atomic E-state index is -0.717. The molecule has 2 aliphatic rings. The summed E-state index contributed by atoms with van der Waals surface area (Å²) >= 11 is 0. The molecule has 7 heteroatoms. The Morgan fingerprint density at radius 2 is 1.83 bits per heavy atom. The molecule has 7 nitrogen and oxygen atoms in total. The van der Waals surface area contributed by atoms with Crippen molar-refractivity contribution in [3.63, 3.8) is 0 Å². The van der Waals surface area contributed by atoms with Crippen LogP contribution in [0.4, 0.5) is 5.69 Å². The maximum absolute atomic E-state index is 12.1. The van der Waals surface area contributed by atoms with Crippen LogP contribution in [0.25, 0.3) is 0 Å². The van der Waals surface area contributed by atoms with Crippen molar-refractivity contribution in [3.8, 4) is 0 Å². The Morgan fingerprint density at radius 3 is 2.43 bits per heavy atom. The monoisotopic (exact) mass is 473 g/mol. The van der Waals surface area contributed by atoms with Crippen molar-refractivity contribution < 1.29 is 14.8 Å². The van der Waals surface area contributed by atoms with Crippen molar-refractivity contribution in [1.29, 1.82) is 0 Å². The number of nitro groups is 1. The Bertz CT molecular complexity index is 1190. The van der Waals surface area contributed by atoms with E-state index in [2.05, 4.69) is 34.5 Å². The molecular formula is C28H31N3O4. The van der Waals surface area contributed by atoms with Gasteiger partial charge < -0.3 is 15.3 Å². The molecule has 1 fully saturated rings. The van der Waals surface area contributed by atoms with E-state index in [0.717, 1.165) is 28.1 Å². The van der Waals surface area contributed by atoms with E-state index in [9.17, 15) is 20.0 Å². The van der Waals surface area contributed by atoms with Gasteiger partial charge in [0.2, 0.25) is 0 Å². The fraction of sp³-hybridized carbons (Fsp3) is 0.321. The first kappa shape index (κ1) is 24.3. The van der Waals surface area contributed by atoms with Crippen LogP contribution in [0, 0.1) is 23.0 Å². The minimum absolute atomic E-state index is 0.173. The lowest BCUT2D eigenvalue weighted by Gasteiger charge is -2.32. The normalized spacial score (nSPS) is 18.5. The zero-order valence-corrected chi connectivity index (χ0v) is 20.1. The number of rotatable bonds is 7. The average Bonchev–Trinajstić information content (AvgIpc) is 2.85. The molecule has 0 unspecified atom stereocenters. The maximum Gasteiger partial charge on any atom is 0.306 e. The molecular weight excluding hydrogens is 442 g/mol. The van der Waals surface area contributed by atoms with Crippen molar-refractivity contribution in [2.75, 3.05) is 18.0 Å². The Labute approximate surface area is 205 Å². The van der Waals surface area contributed by atoms with Gasteiger partial charge in [-0.05, 0) is 67.7 Å². The highest BCUT2D eigenvalue weighted by atomic mass is 16.6. The third-order valence-corrected chi connectivity index (χ3v) is 6.97. The summed E-state index contributed by atoms with van der Waals surface area (Å²) in [5.74, 6) is -1.16. The van der Waals surface area contributed by atoms with Gasteiger partial charge in [0.25, 0.3) is 5.70 Å². The van der Waals surface area contributed by atoms with Gasteiger partial charge in [0.15, 0.2) is 0 Å². The largest absolute Gasteiger partial charge is 0.481 e. The zero-order chi connectivity index (χ0) is 24.9. The SMILES string of the molecule is CC1=CC(=C(C[C@H](c2ccc(N3CCC(C(=O)O)CC3)cc2)c2ccccc2C)[N+](=O)[O-])C=CN1. The number of carboxylic acids is 1. The molecule has 0 aromatic heterocycles. The summed E-state index contributed by atoms with van der Waals surface area (Å²) in [7, 11) is 0. The second-order valence-corrected chi connectivity index (χ2v) is 9.27. The first-order valence-electron chi connectivity index (χ1n) is 12.0. The van der Waals surface area contributed by atoms with Crippen LogP contribution >= 0.6 is 0 Å². The molecule has 1 atom stereocenters. The van der Waals surface area contributed by atoms with Crippen LogP contribution in [0.15, 0.2) is 83.9 Å². The van der Waals surface area contributed by atoms with E-state index in [0.29, 0.717) is 31.5 Å². The van der Waals surface area contributed by atoms with E-state index in [-0.39, 0.29) is 28.9 Å². The maximum atomic E-state index is 12.1. The number of piperidine rings is 1. The van der Waals surface area contributed by atoms with Crippen LogP contribution in [-0.2, 0) is 4.79 Å². The molecule has 2 heterocycles. The lowest BCUT2D eigenvalue weighted by Crippen LogP contribution is -2.36. The van der Waals surface area contributed by atoms with Crippen LogP contribution in [0.5, 0.6) is 0 Å². The van der Waals surface area contributed by atoms with E-state index >= 15 is 0 Å². The zero-order valence-electron chi connectivity index (χ0n) is 20.1. The summed E-state index contributed by atoms with van der Waals surface area (Å²) in [4.78, 5) is 25.4. The fourth-order valence-electron chi connectivity index (χ4n) is 4.94. The lowest BCUT2D eigenvalue weighted by atomic mass is 9.84. The van der Waals surface area contributed by atoms with E-state index < -0.39 is 5.97 Å². The number of nitrogens with one attached hydrogen (secondary N) is 1. The number of nitrogens with zero attached hydrogens (tertiary/aromatic N) is 2. The van der Waals surface area contributed by atoms with E-state index in [1.807, 2.05) is 44.2 Å². The van der Waals surface area contributed by atoms with Gasteiger partial charge in [0.1, 0.15) is 0 Å². The summed E-state index contributed by atoms with van der Waals surface area (Å²) in [5, 5.41) is 24.5. The molecule has 0 amide bonds. The van der Waals surface area contributed by atoms with E-state index in [1.165, 1.54) is 0 Å². The number of benzene rings is 2. The Morgan fingerprint density at radius 1 is 1.14 bits per heavy atom. The molecule has 0 radical (unpaired) electrons. The van der Waals surface area contributed by atoms with Crippen molar-refractivity contribution >= 4 is 11.7 Å². The second-order valence-electron chi connectivity index (χ2n) is 9.27. The van der Waals surface area contributed by atoms with Gasteiger partial charge in [-0.2, -0.15) is 0 Å². The highest BCUT2D eigenvalue weighted by Gasteiger charge is 2.27. The van der Waals surface area contributed by atoms with Gasteiger partial charge in [-0.25, -0.2) is 0 Å². The molecule has 2 aromatic carbocycles. The number of carbonyl (C=O) groups is 1. The fourth-order valence-corrected chi connectivity index (χ4v) is 4.94. The quantitative estimate of drug-likeness (QED) is 0.415. The predicted octanol–water partition coefficient (Wildman–Crippen LogP) is 5.37. The highest BCUT2D eigenvalue weighted by molar-refractivity contribution is 5.70. The van der Waals surface area contributed by atoms with Crippen LogP contribution in [-0.4, -0.2) is 29.1 Å². The van der Waals surface area contributed by atoms with Gasteiger partial charge in [0.05, 0.1) is 22.8 Å². The first-order chi connectivity index (χ1) is 16.8. The standard InChI is InChI=1S/C28H31N3O4/c1-19-5-3-4-6-25(19)26(18-27(31(34)35)23-11-14-29-20(2)17-23)21-7-9-24(10-8-21)30-15-12-22(13-16-30)28(32)33/h3-11,14,17,22,26,29H,12-13,15-16,18H2,1-2H3,(H,32,33)/t26-/m1/s1. The molecule has 0 spiro atoms. The van der Waals surface area contributed by atoms with Crippen LogP contribution < -0.4 is 10.2 Å². The number of allylic oxidation sites excluding steroid dienone is 5. The van der Waals surface area contributed by atoms with Gasteiger partial charge in [0, 0.05) is 36.6 Å². The molecule has 182 valence electrons. The number of dihydropyridines is 1. The number of hydrogen-bond acceptors (Lipinski definition) is 5. The number of aliphatic carboxylic acids is 1. The van der Waals surface area contributed by atoms with Gasteiger partial charge in [-0.15, -0.1) is 0 Å². The molecule has 4 rings (SSSR count). The Kier molecular flexibility index (Phi) is 7.34. The summed E-state index contributed by atoms with van der Waals surface area (Å²) in [6.45, 7) is 5.34. The van der Waals surface area contributed by atoms with Gasteiger partial charge in [-0.1, -0.05) is 36.4 Å². The van der Waals surface area contributed by atoms with Crippen LogP contribution in [0.1, 0.15) is 48.8 Å². The van der Waals surface area contributed by atoms with Crippen molar-refractivity contribution in [2.45, 2.75) is 39.0 Å². The summed E-state index contributed by atoms with van der Waals surface area (Å²) in [6.07, 6.45) is 6.85. The number of carboxylic acid groups (broad SMARTS) is 1. The van der Waals surface area contributed by atoms with Gasteiger partial charge >= 0.3 is 5.97 Å². The second kappa shape index (κ2) is 10.6. The van der Waals surface area contributed by atoms with Crippen molar-refractivity contribution in [1.82, 2.24) is 5.32 Å². The third kappa shape index (κ3) is 5.62. The third-order valence-electron chi connectivity index (χ3n) is 6.97. The molecule has 2 aromatic rings. The molecule has 0 saturated carbocycles. The molecule has 35 heavy (non-hydrogen) atoms.